The van der Waals surface area contributed by atoms with Crippen molar-refractivity contribution >= 4 is 23.5 Å². The zero-order chi connectivity index (χ0) is 18.6. The molecule has 2 amide bonds. The summed E-state index contributed by atoms with van der Waals surface area (Å²) in [5.74, 6) is -2.28. The Bertz CT molecular complexity index is 641. The van der Waals surface area contributed by atoms with Crippen LogP contribution in [0.4, 0.5) is 5.69 Å². The number of nitrogens with one attached hydrogen (secondary N) is 1. The summed E-state index contributed by atoms with van der Waals surface area (Å²) in [7, 11) is 1.26. The lowest BCUT2D eigenvalue weighted by Gasteiger charge is -2.18. The number of amides is 2. The van der Waals surface area contributed by atoms with E-state index in [1.165, 1.54) is 12.7 Å². The number of rotatable bonds is 7. The van der Waals surface area contributed by atoms with Gasteiger partial charge in [-0.1, -0.05) is 26.0 Å². The number of aliphatic carboxylic acids is 1. The van der Waals surface area contributed by atoms with Crippen molar-refractivity contribution in [3.8, 4) is 0 Å². The average molecular weight is 348 g/mol. The maximum absolute atomic E-state index is 12.5. The van der Waals surface area contributed by atoms with Gasteiger partial charge in [0.25, 0.3) is 0 Å². The average Bonchev–Trinajstić information content (AvgIpc) is 2.96. The molecular formula is C18H24N2O5. The Morgan fingerprint density at radius 3 is 2.48 bits per heavy atom. The number of anilines is 1. The molecule has 2 rings (SSSR count). The molecule has 25 heavy (non-hydrogen) atoms. The number of ether oxygens (including phenoxy) is 1. The van der Waals surface area contributed by atoms with Gasteiger partial charge in [-0.2, -0.15) is 0 Å². The zero-order valence-electron chi connectivity index (χ0n) is 14.7. The molecule has 136 valence electrons. The van der Waals surface area contributed by atoms with Gasteiger partial charge in [-0.25, -0.2) is 4.79 Å². The third-order valence-electron chi connectivity index (χ3n) is 4.42. The van der Waals surface area contributed by atoms with E-state index in [9.17, 15) is 14.4 Å². The van der Waals surface area contributed by atoms with Crippen molar-refractivity contribution in [2.45, 2.75) is 32.3 Å². The number of nitrogens with zero attached hydrogens (tertiary/aromatic N) is 1. The van der Waals surface area contributed by atoms with E-state index >= 15 is 0 Å². The number of benzene rings is 1. The Labute approximate surface area is 147 Å². The van der Waals surface area contributed by atoms with Gasteiger partial charge in [0, 0.05) is 19.3 Å². The van der Waals surface area contributed by atoms with Crippen molar-refractivity contribution < 1.29 is 24.2 Å². The van der Waals surface area contributed by atoms with Crippen molar-refractivity contribution in [1.29, 1.82) is 0 Å². The molecule has 1 aromatic rings. The smallest absolute Gasteiger partial charge is 0.334 e. The van der Waals surface area contributed by atoms with Gasteiger partial charge in [-0.3, -0.25) is 9.59 Å². The maximum atomic E-state index is 12.5. The normalized spacial score (nSPS) is 18.5. The molecule has 2 unspecified atom stereocenters. The van der Waals surface area contributed by atoms with Crippen molar-refractivity contribution in [3.05, 3.63) is 29.8 Å². The molecule has 0 spiro atoms. The molecule has 7 heteroatoms. The first-order valence-corrected chi connectivity index (χ1v) is 8.29. The summed E-state index contributed by atoms with van der Waals surface area (Å²) < 4.78 is 4.76. The monoisotopic (exact) mass is 348 g/mol. The van der Waals surface area contributed by atoms with E-state index in [1.807, 2.05) is 24.3 Å². The minimum atomic E-state index is -1.16. The minimum Gasteiger partial charge on any atom is -0.479 e. The maximum Gasteiger partial charge on any atom is 0.334 e. The molecule has 0 aliphatic carbocycles. The molecule has 1 fully saturated rings. The Hall–Kier alpha value is -2.41. The summed E-state index contributed by atoms with van der Waals surface area (Å²) in [5.41, 5.74) is 1.95. The van der Waals surface area contributed by atoms with Crippen molar-refractivity contribution in [1.82, 2.24) is 5.32 Å². The second-order valence-electron chi connectivity index (χ2n) is 6.39. The first-order valence-electron chi connectivity index (χ1n) is 8.29. The molecule has 0 saturated carbocycles. The van der Waals surface area contributed by atoms with Crippen LogP contribution >= 0.6 is 0 Å². The lowest BCUT2D eigenvalue weighted by molar-refractivity contribution is -0.148. The number of hydrogen-bond acceptors (Lipinski definition) is 4. The van der Waals surface area contributed by atoms with Crippen LogP contribution in [0.2, 0.25) is 0 Å². The fourth-order valence-corrected chi connectivity index (χ4v) is 2.81. The van der Waals surface area contributed by atoms with Crippen molar-refractivity contribution in [3.63, 3.8) is 0 Å². The Morgan fingerprint density at radius 2 is 1.96 bits per heavy atom. The fraction of sp³-hybridized carbons (Fsp3) is 0.500. The lowest BCUT2D eigenvalue weighted by atomic mass is 10.0. The minimum absolute atomic E-state index is 0.169. The second kappa shape index (κ2) is 8.11. The molecule has 1 saturated heterocycles. The summed E-state index contributed by atoms with van der Waals surface area (Å²) in [4.78, 5) is 37.2. The van der Waals surface area contributed by atoms with Gasteiger partial charge in [0.1, 0.15) is 5.92 Å². The highest BCUT2D eigenvalue weighted by Gasteiger charge is 2.37. The predicted octanol–water partition coefficient (Wildman–Crippen LogP) is 1.38. The van der Waals surface area contributed by atoms with E-state index in [0.717, 1.165) is 5.69 Å². The fourth-order valence-electron chi connectivity index (χ4n) is 2.81. The highest BCUT2D eigenvalue weighted by Crippen LogP contribution is 2.27. The molecule has 1 heterocycles. The van der Waals surface area contributed by atoms with Gasteiger partial charge in [0.05, 0.1) is 6.54 Å². The first kappa shape index (κ1) is 18.9. The zero-order valence-corrected chi connectivity index (χ0v) is 14.7. The SMILES string of the molecule is COC(CNC(=O)C1CCN(c2ccc(C(C)C)cc2)C1=O)C(=O)O. The first-order chi connectivity index (χ1) is 11.8. The summed E-state index contributed by atoms with van der Waals surface area (Å²) in [6.07, 6.45) is -0.721. The summed E-state index contributed by atoms with van der Waals surface area (Å²) in [5, 5.41) is 11.4. The molecule has 1 aliphatic heterocycles. The van der Waals surface area contributed by atoms with E-state index in [2.05, 4.69) is 19.2 Å². The summed E-state index contributed by atoms with van der Waals surface area (Å²) in [6, 6.07) is 7.74. The number of carbonyl (C=O) groups is 3. The molecule has 0 bridgehead atoms. The topological polar surface area (TPSA) is 95.9 Å². The summed E-state index contributed by atoms with van der Waals surface area (Å²) >= 11 is 0. The molecule has 7 nitrogen and oxygen atoms in total. The Kier molecular flexibility index (Phi) is 6.14. The molecule has 2 N–H and O–H groups in total. The van der Waals surface area contributed by atoms with Gasteiger partial charge in [0.2, 0.25) is 11.8 Å². The van der Waals surface area contributed by atoms with Crippen LogP contribution in [0.3, 0.4) is 0 Å². The third-order valence-corrected chi connectivity index (χ3v) is 4.42. The Balaban J connectivity index is 1.98. The standard InChI is InChI=1S/C18H24N2O5/c1-11(2)12-4-6-13(7-5-12)20-9-8-14(17(20)22)16(21)19-10-15(25-3)18(23)24/h4-7,11,14-15H,8-10H2,1-3H3,(H,19,21)(H,23,24). The Morgan fingerprint density at radius 1 is 1.32 bits per heavy atom. The van der Waals surface area contributed by atoms with Gasteiger partial charge in [-0.15, -0.1) is 0 Å². The highest BCUT2D eigenvalue weighted by atomic mass is 16.5. The molecule has 0 radical (unpaired) electrons. The molecule has 1 aliphatic rings. The number of carbonyl (C=O) groups excluding carboxylic acids is 2. The van der Waals surface area contributed by atoms with Gasteiger partial charge < -0.3 is 20.1 Å². The van der Waals surface area contributed by atoms with Crippen LogP contribution in [-0.4, -0.2) is 49.2 Å². The van der Waals surface area contributed by atoms with Crippen molar-refractivity contribution in [2.75, 3.05) is 25.1 Å². The number of carboxylic acids is 1. The van der Waals surface area contributed by atoms with E-state index in [0.29, 0.717) is 18.9 Å². The van der Waals surface area contributed by atoms with Crippen LogP contribution < -0.4 is 10.2 Å². The molecular weight excluding hydrogens is 324 g/mol. The van der Waals surface area contributed by atoms with Crippen LogP contribution in [0.15, 0.2) is 24.3 Å². The van der Waals surface area contributed by atoms with Crippen molar-refractivity contribution in [2.24, 2.45) is 5.92 Å². The lowest BCUT2D eigenvalue weighted by Crippen LogP contribution is -2.42. The number of carboxylic acid groups (broad SMARTS) is 1. The molecule has 0 aromatic heterocycles. The van der Waals surface area contributed by atoms with Crippen LogP contribution in [0.25, 0.3) is 0 Å². The molecule has 1 aromatic carbocycles. The molecule has 2 atom stereocenters. The van der Waals surface area contributed by atoms with Crippen LogP contribution in [0, 0.1) is 5.92 Å². The van der Waals surface area contributed by atoms with Gasteiger partial charge in [-0.05, 0) is 30.0 Å². The van der Waals surface area contributed by atoms with Crippen LogP contribution in [0.1, 0.15) is 31.7 Å². The quantitative estimate of drug-likeness (QED) is 0.726. The van der Waals surface area contributed by atoms with E-state index in [-0.39, 0.29) is 12.5 Å². The van der Waals surface area contributed by atoms with E-state index in [1.54, 1.807) is 4.90 Å². The van der Waals surface area contributed by atoms with Gasteiger partial charge >= 0.3 is 5.97 Å². The number of hydrogen-bond donors (Lipinski definition) is 2. The second-order valence-corrected chi connectivity index (χ2v) is 6.39. The van der Waals surface area contributed by atoms with E-state index in [4.69, 9.17) is 9.84 Å². The summed E-state index contributed by atoms with van der Waals surface area (Å²) in [6.45, 7) is 4.49. The largest absolute Gasteiger partial charge is 0.479 e. The van der Waals surface area contributed by atoms with Gasteiger partial charge in [0.15, 0.2) is 6.10 Å². The number of methoxy groups -OCH3 is 1. The van der Waals surface area contributed by atoms with Crippen LogP contribution in [0.5, 0.6) is 0 Å². The van der Waals surface area contributed by atoms with E-state index < -0.39 is 23.9 Å². The highest BCUT2D eigenvalue weighted by molar-refractivity contribution is 6.09. The third kappa shape index (κ3) is 4.36. The predicted molar refractivity (Wildman–Crippen MR) is 92.4 cm³/mol. The van der Waals surface area contributed by atoms with Crippen LogP contribution in [-0.2, 0) is 19.1 Å².